The second-order valence-electron chi connectivity index (χ2n) is 5.53. The van der Waals surface area contributed by atoms with Crippen LogP contribution < -0.4 is 5.32 Å². The quantitative estimate of drug-likeness (QED) is 0.719. The summed E-state index contributed by atoms with van der Waals surface area (Å²) >= 11 is 0. The van der Waals surface area contributed by atoms with Crippen molar-refractivity contribution in [2.75, 3.05) is 33.3 Å². The molecule has 0 aromatic carbocycles. The number of rotatable bonds is 5. The molecule has 0 aromatic rings. The van der Waals surface area contributed by atoms with Crippen molar-refractivity contribution in [3.05, 3.63) is 0 Å². The summed E-state index contributed by atoms with van der Waals surface area (Å²) in [5, 5.41) is 12.5. The molecule has 3 nitrogen and oxygen atoms in total. The van der Waals surface area contributed by atoms with Crippen molar-refractivity contribution in [3.63, 3.8) is 0 Å². The fourth-order valence-corrected chi connectivity index (χ4v) is 2.18. The summed E-state index contributed by atoms with van der Waals surface area (Å²) in [6.45, 7) is 7.80. The smallest absolute Gasteiger partial charge is 0.0607 e. The van der Waals surface area contributed by atoms with Gasteiger partial charge < -0.3 is 15.3 Å². The second kappa shape index (κ2) is 5.83. The highest BCUT2D eigenvalue weighted by Crippen LogP contribution is 2.18. The van der Waals surface area contributed by atoms with E-state index in [9.17, 15) is 0 Å². The molecular formula is C12H26N2O. The van der Waals surface area contributed by atoms with Crippen molar-refractivity contribution in [2.24, 2.45) is 5.92 Å². The van der Waals surface area contributed by atoms with Crippen molar-refractivity contribution in [1.82, 2.24) is 10.2 Å². The van der Waals surface area contributed by atoms with E-state index in [0.29, 0.717) is 0 Å². The van der Waals surface area contributed by atoms with Crippen LogP contribution in [0.4, 0.5) is 0 Å². The molecule has 0 aromatic heterocycles. The number of nitrogens with one attached hydrogen (secondary N) is 1. The van der Waals surface area contributed by atoms with Gasteiger partial charge in [0.25, 0.3) is 0 Å². The predicted octanol–water partition coefficient (Wildman–Crippen LogP) is 1.08. The van der Waals surface area contributed by atoms with Crippen molar-refractivity contribution in [1.29, 1.82) is 0 Å². The molecular weight excluding hydrogens is 188 g/mol. The Hall–Kier alpha value is -0.120. The summed E-state index contributed by atoms with van der Waals surface area (Å²) in [6.07, 6.45) is 3.93. The third-order valence-electron chi connectivity index (χ3n) is 3.27. The van der Waals surface area contributed by atoms with Crippen LogP contribution in [-0.4, -0.2) is 48.8 Å². The molecule has 90 valence electrons. The summed E-state index contributed by atoms with van der Waals surface area (Å²) in [6, 6.07) is 0. The number of likely N-dealkylation sites (tertiary alicyclic amines) is 1. The van der Waals surface area contributed by atoms with Gasteiger partial charge in [-0.05, 0) is 59.2 Å². The fraction of sp³-hybridized carbons (Fsp3) is 1.00. The molecule has 0 spiro atoms. The maximum Gasteiger partial charge on any atom is 0.0607 e. The lowest BCUT2D eigenvalue weighted by Gasteiger charge is -2.31. The van der Waals surface area contributed by atoms with Crippen LogP contribution in [0.1, 0.15) is 33.1 Å². The van der Waals surface area contributed by atoms with Gasteiger partial charge in [-0.25, -0.2) is 0 Å². The summed E-state index contributed by atoms with van der Waals surface area (Å²) in [5.74, 6) is 0.839. The largest absolute Gasteiger partial charge is 0.394 e. The van der Waals surface area contributed by atoms with E-state index in [-0.39, 0.29) is 12.1 Å². The number of hydrogen-bond acceptors (Lipinski definition) is 3. The molecule has 1 unspecified atom stereocenters. The minimum Gasteiger partial charge on any atom is -0.394 e. The van der Waals surface area contributed by atoms with Gasteiger partial charge in [0.1, 0.15) is 0 Å². The highest BCUT2D eigenvalue weighted by atomic mass is 16.3. The van der Waals surface area contributed by atoms with Gasteiger partial charge in [0.05, 0.1) is 6.61 Å². The third-order valence-corrected chi connectivity index (χ3v) is 3.27. The molecule has 1 heterocycles. The molecule has 1 atom stereocenters. The van der Waals surface area contributed by atoms with Crippen molar-refractivity contribution < 1.29 is 5.11 Å². The topological polar surface area (TPSA) is 35.5 Å². The normalized spacial score (nSPS) is 24.4. The molecule has 1 aliphatic rings. The Morgan fingerprint density at radius 3 is 2.80 bits per heavy atom. The van der Waals surface area contributed by atoms with Gasteiger partial charge in [-0.2, -0.15) is 0 Å². The van der Waals surface area contributed by atoms with E-state index in [1.165, 1.54) is 32.4 Å². The number of aliphatic hydroxyl groups is 1. The van der Waals surface area contributed by atoms with E-state index in [4.69, 9.17) is 5.11 Å². The van der Waals surface area contributed by atoms with Gasteiger partial charge in [-0.15, -0.1) is 0 Å². The van der Waals surface area contributed by atoms with Gasteiger partial charge in [-0.3, -0.25) is 0 Å². The minimum atomic E-state index is -0.124. The molecule has 0 amide bonds. The molecule has 1 fully saturated rings. The average molecular weight is 214 g/mol. The Kier molecular flexibility index (Phi) is 5.03. The molecule has 1 saturated heterocycles. The van der Waals surface area contributed by atoms with Gasteiger partial charge in [0, 0.05) is 12.1 Å². The average Bonchev–Trinajstić information content (AvgIpc) is 2.18. The van der Waals surface area contributed by atoms with Crippen LogP contribution in [0.2, 0.25) is 0 Å². The Bertz CT molecular complexity index is 182. The van der Waals surface area contributed by atoms with Crippen molar-refractivity contribution in [3.8, 4) is 0 Å². The summed E-state index contributed by atoms with van der Waals surface area (Å²) in [5.41, 5.74) is -0.124. The van der Waals surface area contributed by atoms with Crippen LogP contribution in [-0.2, 0) is 0 Å². The summed E-state index contributed by atoms with van der Waals surface area (Å²) in [7, 11) is 2.21. The van der Waals surface area contributed by atoms with Crippen LogP contribution in [0.15, 0.2) is 0 Å². The van der Waals surface area contributed by atoms with Crippen molar-refractivity contribution >= 4 is 0 Å². The molecule has 0 aliphatic carbocycles. The van der Waals surface area contributed by atoms with E-state index < -0.39 is 0 Å². The van der Waals surface area contributed by atoms with E-state index in [1.54, 1.807) is 0 Å². The van der Waals surface area contributed by atoms with Crippen LogP contribution in [0.3, 0.4) is 0 Å². The monoisotopic (exact) mass is 214 g/mol. The van der Waals surface area contributed by atoms with E-state index in [0.717, 1.165) is 12.5 Å². The SMILES string of the molecule is CN1CCCC(CCNC(C)(C)CO)C1. The Morgan fingerprint density at radius 1 is 1.47 bits per heavy atom. The third kappa shape index (κ3) is 4.96. The second-order valence-corrected chi connectivity index (χ2v) is 5.53. The first-order valence-electron chi connectivity index (χ1n) is 6.08. The minimum absolute atomic E-state index is 0.124. The molecule has 0 saturated carbocycles. The van der Waals surface area contributed by atoms with Crippen LogP contribution >= 0.6 is 0 Å². The zero-order chi connectivity index (χ0) is 11.3. The molecule has 3 heteroatoms. The Balaban J connectivity index is 2.14. The maximum atomic E-state index is 9.10. The van der Waals surface area contributed by atoms with Crippen LogP contribution in [0.5, 0.6) is 0 Å². The molecule has 0 radical (unpaired) electrons. The standard InChI is InChI=1S/C12H26N2O/c1-12(2,10-15)13-7-6-11-5-4-8-14(3)9-11/h11,13,15H,4-10H2,1-3H3. The lowest BCUT2D eigenvalue weighted by atomic mass is 9.94. The molecule has 1 aliphatic heterocycles. The first kappa shape index (κ1) is 12.9. The summed E-state index contributed by atoms with van der Waals surface area (Å²) < 4.78 is 0. The first-order valence-corrected chi connectivity index (χ1v) is 6.08. The highest BCUT2D eigenvalue weighted by Gasteiger charge is 2.19. The molecule has 15 heavy (non-hydrogen) atoms. The van der Waals surface area contributed by atoms with Gasteiger partial charge in [-0.1, -0.05) is 0 Å². The lowest BCUT2D eigenvalue weighted by molar-refractivity contribution is 0.173. The van der Waals surface area contributed by atoms with E-state index in [2.05, 4.69) is 17.3 Å². The highest BCUT2D eigenvalue weighted by molar-refractivity contribution is 4.77. The summed E-state index contributed by atoms with van der Waals surface area (Å²) in [4.78, 5) is 2.42. The Labute approximate surface area is 93.9 Å². The zero-order valence-corrected chi connectivity index (χ0v) is 10.4. The van der Waals surface area contributed by atoms with Gasteiger partial charge in [0.15, 0.2) is 0 Å². The number of hydrogen-bond donors (Lipinski definition) is 2. The Morgan fingerprint density at radius 2 is 2.20 bits per heavy atom. The first-order chi connectivity index (χ1) is 7.03. The van der Waals surface area contributed by atoms with Crippen molar-refractivity contribution in [2.45, 2.75) is 38.6 Å². The maximum absolute atomic E-state index is 9.10. The zero-order valence-electron chi connectivity index (χ0n) is 10.4. The predicted molar refractivity (Wildman–Crippen MR) is 64.0 cm³/mol. The van der Waals surface area contributed by atoms with E-state index >= 15 is 0 Å². The number of piperidine rings is 1. The lowest BCUT2D eigenvalue weighted by Crippen LogP contribution is -2.44. The fourth-order valence-electron chi connectivity index (χ4n) is 2.18. The molecule has 0 bridgehead atoms. The van der Waals surface area contributed by atoms with E-state index in [1.807, 2.05) is 13.8 Å². The molecule has 1 rings (SSSR count). The molecule has 2 N–H and O–H groups in total. The number of aliphatic hydroxyl groups excluding tert-OH is 1. The van der Waals surface area contributed by atoms with Gasteiger partial charge in [0.2, 0.25) is 0 Å². The van der Waals surface area contributed by atoms with Crippen LogP contribution in [0.25, 0.3) is 0 Å². The number of nitrogens with zero attached hydrogens (tertiary/aromatic N) is 1. The van der Waals surface area contributed by atoms with Crippen LogP contribution in [0, 0.1) is 5.92 Å². The van der Waals surface area contributed by atoms with Gasteiger partial charge >= 0.3 is 0 Å².